The number of benzene rings is 2. The standard InChI is InChI=1S/C15H15ClFN3O/c1-2-20(12-5-3-4-11(17)9-12)14-8-10(16)6-7-13(14)15(18)19-21/h3-9,21H,2H2,1H3,(H2,18,19). The molecule has 0 saturated carbocycles. The lowest BCUT2D eigenvalue weighted by molar-refractivity contribution is 0.318. The van der Waals surface area contributed by atoms with Gasteiger partial charge in [0.25, 0.3) is 0 Å². The van der Waals surface area contributed by atoms with Crippen LogP contribution in [0.1, 0.15) is 12.5 Å². The third-order valence-corrected chi connectivity index (χ3v) is 3.31. The van der Waals surface area contributed by atoms with E-state index in [2.05, 4.69) is 5.16 Å². The van der Waals surface area contributed by atoms with Gasteiger partial charge in [0.15, 0.2) is 5.84 Å². The SMILES string of the molecule is CCN(c1cccc(F)c1)c1cc(Cl)ccc1C(N)=NO. The van der Waals surface area contributed by atoms with E-state index in [1.807, 2.05) is 11.8 Å². The second kappa shape index (κ2) is 6.45. The lowest BCUT2D eigenvalue weighted by Crippen LogP contribution is -2.22. The van der Waals surface area contributed by atoms with Crippen LogP contribution < -0.4 is 10.6 Å². The van der Waals surface area contributed by atoms with E-state index in [9.17, 15) is 4.39 Å². The monoisotopic (exact) mass is 307 g/mol. The van der Waals surface area contributed by atoms with Crippen molar-refractivity contribution in [3.63, 3.8) is 0 Å². The molecule has 0 unspecified atom stereocenters. The maximum Gasteiger partial charge on any atom is 0.172 e. The molecule has 6 heteroatoms. The third-order valence-electron chi connectivity index (χ3n) is 3.07. The average molecular weight is 308 g/mol. The van der Waals surface area contributed by atoms with Crippen LogP contribution in [0.25, 0.3) is 0 Å². The Bertz CT molecular complexity index is 676. The lowest BCUT2D eigenvalue weighted by atomic mass is 10.1. The molecule has 0 heterocycles. The van der Waals surface area contributed by atoms with Crippen LogP contribution >= 0.6 is 11.6 Å². The minimum atomic E-state index is -0.335. The lowest BCUT2D eigenvalue weighted by Gasteiger charge is -2.25. The molecule has 0 aromatic heterocycles. The zero-order valence-corrected chi connectivity index (χ0v) is 12.2. The predicted molar refractivity (Wildman–Crippen MR) is 83.0 cm³/mol. The molecular weight excluding hydrogens is 293 g/mol. The van der Waals surface area contributed by atoms with Crippen molar-refractivity contribution in [1.29, 1.82) is 0 Å². The van der Waals surface area contributed by atoms with Crippen molar-refractivity contribution in [3.8, 4) is 0 Å². The first-order chi connectivity index (χ1) is 10.1. The zero-order valence-electron chi connectivity index (χ0n) is 11.4. The molecule has 4 nitrogen and oxygen atoms in total. The molecule has 0 aliphatic rings. The van der Waals surface area contributed by atoms with Gasteiger partial charge in [0.1, 0.15) is 5.82 Å². The van der Waals surface area contributed by atoms with Crippen molar-refractivity contribution in [1.82, 2.24) is 0 Å². The Morgan fingerprint density at radius 3 is 2.71 bits per heavy atom. The number of rotatable bonds is 4. The first-order valence-corrected chi connectivity index (χ1v) is 6.75. The van der Waals surface area contributed by atoms with Crippen LogP contribution in [0.4, 0.5) is 15.8 Å². The maximum absolute atomic E-state index is 13.4. The minimum absolute atomic E-state index is 0.0310. The first kappa shape index (κ1) is 15.1. The van der Waals surface area contributed by atoms with E-state index in [4.69, 9.17) is 22.5 Å². The van der Waals surface area contributed by atoms with Crippen LogP contribution in [-0.2, 0) is 0 Å². The largest absolute Gasteiger partial charge is 0.409 e. The Kier molecular flexibility index (Phi) is 4.65. The summed E-state index contributed by atoms with van der Waals surface area (Å²) >= 11 is 6.04. The van der Waals surface area contributed by atoms with Crippen molar-refractivity contribution in [2.45, 2.75) is 6.92 Å². The maximum atomic E-state index is 13.4. The van der Waals surface area contributed by atoms with Gasteiger partial charge in [-0.15, -0.1) is 0 Å². The highest BCUT2D eigenvalue weighted by molar-refractivity contribution is 6.31. The van der Waals surface area contributed by atoms with Crippen LogP contribution in [0.2, 0.25) is 5.02 Å². The Balaban J connectivity index is 2.59. The van der Waals surface area contributed by atoms with Crippen LogP contribution in [-0.4, -0.2) is 17.6 Å². The molecule has 0 amide bonds. The van der Waals surface area contributed by atoms with Gasteiger partial charge in [-0.3, -0.25) is 0 Å². The summed E-state index contributed by atoms with van der Waals surface area (Å²) < 4.78 is 13.4. The second-order valence-corrected chi connectivity index (χ2v) is 4.81. The molecule has 0 bridgehead atoms. The number of halogens is 2. The third kappa shape index (κ3) is 3.25. The van der Waals surface area contributed by atoms with E-state index in [1.54, 1.807) is 30.3 Å². The van der Waals surface area contributed by atoms with Crippen LogP contribution in [0.5, 0.6) is 0 Å². The van der Waals surface area contributed by atoms with Gasteiger partial charge < -0.3 is 15.8 Å². The zero-order chi connectivity index (χ0) is 15.4. The molecule has 2 aromatic rings. The first-order valence-electron chi connectivity index (χ1n) is 6.37. The van der Waals surface area contributed by atoms with E-state index < -0.39 is 0 Å². The number of hydrogen-bond donors (Lipinski definition) is 2. The summed E-state index contributed by atoms with van der Waals surface area (Å²) in [5.74, 6) is -0.366. The second-order valence-electron chi connectivity index (χ2n) is 4.37. The Morgan fingerprint density at radius 1 is 1.33 bits per heavy atom. The molecule has 21 heavy (non-hydrogen) atoms. The summed E-state index contributed by atoms with van der Waals surface area (Å²) in [6.45, 7) is 2.48. The number of amidine groups is 1. The number of anilines is 2. The fourth-order valence-corrected chi connectivity index (χ4v) is 2.30. The summed E-state index contributed by atoms with van der Waals surface area (Å²) in [5.41, 5.74) is 7.53. The molecule has 0 atom stereocenters. The number of nitrogens with two attached hydrogens (primary N) is 1. The smallest absolute Gasteiger partial charge is 0.172 e. The average Bonchev–Trinajstić information content (AvgIpc) is 2.47. The molecular formula is C15H15ClFN3O. The van der Waals surface area contributed by atoms with Gasteiger partial charge >= 0.3 is 0 Å². The quantitative estimate of drug-likeness (QED) is 0.391. The predicted octanol–water partition coefficient (Wildman–Crippen LogP) is 3.73. The van der Waals surface area contributed by atoms with Crippen molar-refractivity contribution in [2.24, 2.45) is 10.9 Å². The molecule has 0 aliphatic carbocycles. The highest BCUT2D eigenvalue weighted by atomic mass is 35.5. The van der Waals surface area contributed by atoms with Gasteiger partial charge in [0.05, 0.1) is 5.69 Å². The summed E-state index contributed by atoms with van der Waals surface area (Å²) in [6, 6.07) is 11.2. The Morgan fingerprint density at radius 2 is 2.10 bits per heavy atom. The normalized spacial score (nSPS) is 11.5. The van der Waals surface area contributed by atoms with Crippen LogP contribution in [0, 0.1) is 5.82 Å². The van der Waals surface area contributed by atoms with Gasteiger partial charge in [-0.25, -0.2) is 4.39 Å². The van der Waals surface area contributed by atoms with Crippen LogP contribution in [0.15, 0.2) is 47.6 Å². The molecule has 0 aliphatic heterocycles. The van der Waals surface area contributed by atoms with Gasteiger partial charge in [0.2, 0.25) is 0 Å². The number of hydrogen-bond acceptors (Lipinski definition) is 3. The van der Waals surface area contributed by atoms with Gasteiger partial charge in [-0.05, 0) is 43.3 Å². The van der Waals surface area contributed by atoms with Gasteiger partial charge in [0, 0.05) is 22.8 Å². The summed E-state index contributed by atoms with van der Waals surface area (Å²) in [6.07, 6.45) is 0. The van der Waals surface area contributed by atoms with E-state index >= 15 is 0 Å². The Hall–Kier alpha value is -2.27. The Labute approximate surface area is 127 Å². The fourth-order valence-electron chi connectivity index (χ4n) is 2.13. The number of oxime groups is 1. The summed E-state index contributed by atoms with van der Waals surface area (Å²) in [4.78, 5) is 1.84. The van der Waals surface area contributed by atoms with Crippen LogP contribution in [0.3, 0.4) is 0 Å². The molecule has 110 valence electrons. The van der Waals surface area contributed by atoms with Crippen molar-refractivity contribution in [2.75, 3.05) is 11.4 Å². The molecule has 2 rings (SSSR count). The fraction of sp³-hybridized carbons (Fsp3) is 0.133. The molecule has 0 radical (unpaired) electrons. The highest BCUT2D eigenvalue weighted by Gasteiger charge is 2.15. The van der Waals surface area contributed by atoms with E-state index in [0.717, 1.165) is 0 Å². The van der Waals surface area contributed by atoms with Crippen molar-refractivity contribution < 1.29 is 9.60 Å². The molecule has 3 N–H and O–H groups in total. The molecule has 2 aromatic carbocycles. The topological polar surface area (TPSA) is 61.8 Å². The van der Waals surface area contributed by atoms with E-state index in [0.29, 0.717) is 28.5 Å². The summed E-state index contributed by atoms with van der Waals surface area (Å²) in [5, 5.41) is 12.4. The minimum Gasteiger partial charge on any atom is -0.409 e. The molecule has 0 saturated heterocycles. The van der Waals surface area contributed by atoms with Gasteiger partial charge in [-0.1, -0.05) is 22.8 Å². The van der Waals surface area contributed by atoms with Gasteiger partial charge in [-0.2, -0.15) is 0 Å². The van der Waals surface area contributed by atoms with Crippen molar-refractivity contribution in [3.05, 3.63) is 58.9 Å². The van der Waals surface area contributed by atoms with E-state index in [1.165, 1.54) is 12.1 Å². The van der Waals surface area contributed by atoms with Crippen molar-refractivity contribution >= 4 is 28.8 Å². The number of nitrogens with zero attached hydrogens (tertiary/aromatic N) is 2. The molecule has 0 spiro atoms. The highest BCUT2D eigenvalue weighted by Crippen LogP contribution is 2.31. The molecule has 0 fully saturated rings. The van der Waals surface area contributed by atoms with E-state index in [-0.39, 0.29) is 11.7 Å². The summed E-state index contributed by atoms with van der Waals surface area (Å²) in [7, 11) is 0.